The summed E-state index contributed by atoms with van der Waals surface area (Å²) in [5.41, 5.74) is 3.74. The number of carbonyl (C=O) groups is 2. The predicted molar refractivity (Wildman–Crippen MR) is 154 cm³/mol. The summed E-state index contributed by atoms with van der Waals surface area (Å²) in [7, 11) is -4.10. The Balaban J connectivity index is 2.08. The van der Waals surface area contributed by atoms with Gasteiger partial charge in [0, 0.05) is 17.6 Å². The lowest BCUT2D eigenvalue weighted by Crippen LogP contribution is -2.51. The van der Waals surface area contributed by atoms with Crippen molar-refractivity contribution in [1.29, 1.82) is 0 Å². The Morgan fingerprint density at radius 1 is 0.947 bits per heavy atom. The lowest BCUT2D eigenvalue weighted by atomic mass is 10.1. The van der Waals surface area contributed by atoms with E-state index in [1.165, 1.54) is 4.90 Å². The van der Waals surface area contributed by atoms with Crippen LogP contribution in [0.15, 0.2) is 76.1 Å². The van der Waals surface area contributed by atoms with Crippen molar-refractivity contribution in [3.05, 3.63) is 93.5 Å². The van der Waals surface area contributed by atoms with Gasteiger partial charge in [0.25, 0.3) is 10.0 Å². The van der Waals surface area contributed by atoms with E-state index in [0.717, 1.165) is 31.0 Å². The second-order valence-electron chi connectivity index (χ2n) is 9.34. The molecule has 38 heavy (non-hydrogen) atoms. The molecule has 0 spiro atoms. The van der Waals surface area contributed by atoms with Crippen molar-refractivity contribution in [2.24, 2.45) is 0 Å². The van der Waals surface area contributed by atoms with E-state index in [1.807, 2.05) is 64.1 Å². The number of benzene rings is 3. The van der Waals surface area contributed by atoms with Gasteiger partial charge < -0.3 is 10.2 Å². The summed E-state index contributed by atoms with van der Waals surface area (Å²) in [6.45, 7) is 9.12. The Morgan fingerprint density at radius 2 is 1.61 bits per heavy atom. The summed E-state index contributed by atoms with van der Waals surface area (Å²) in [6.07, 6.45) is 0. The lowest BCUT2D eigenvalue weighted by Gasteiger charge is -2.32. The van der Waals surface area contributed by atoms with Crippen molar-refractivity contribution in [2.45, 2.75) is 52.1 Å². The number of anilines is 1. The number of nitrogens with zero attached hydrogens (tertiary/aromatic N) is 2. The van der Waals surface area contributed by atoms with Crippen LogP contribution in [0.5, 0.6) is 0 Å². The number of hydrogen-bond acceptors (Lipinski definition) is 4. The van der Waals surface area contributed by atoms with Crippen molar-refractivity contribution in [2.75, 3.05) is 17.4 Å². The molecule has 0 unspecified atom stereocenters. The molecule has 7 nitrogen and oxygen atoms in total. The van der Waals surface area contributed by atoms with Crippen molar-refractivity contribution in [1.82, 2.24) is 10.2 Å². The number of hydrogen-bond donors (Lipinski definition) is 1. The largest absolute Gasteiger partial charge is 0.355 e. The fraction of sp³-hybridized carbons (Fsp3) is 0.310. The first kappa shape index (κ1) is 29.4. The minimum absolute atomic E-state index is 0.0899. The average Bonchev–Trinajstić information content (AvgIpc) is 2.87. The molecule has 3 rings (SSSR count). The van der Waals surface area contributed by atoms with E-state index < -0.39 is 28.5 Å². The molecule has 0 aliphatic rings. The van der Waals surface area contributed by atoms with Crippen molar-refractivity contribution >= 4 is 43.5 Å². The van der Waals surface area contributed by atoms with E-state index >= 15 is 0 Å². The number of likely N-dealkylation sites (N-methyl/N-ethyl adjacent to an activating group) is 1. The van der Waals surface area contributed by atoms with Crippen LogP contribution in [0.4, 0.5) is 5.69 Å². The third-order valence-corrected chi connectivity index (χ3v) is 8.55. The van der Waals surface area contributed by atoms with Gasteiger partial charge in [0.1, 0.15) is 12.6 Å². The number of nitrogens with one attached hydrogen (secondary N) is 1. The maximum atomic E-state index is 13.9. The van der Waals surface area contributed by atoms with Crippen molar-refractivity contribution in [3.63, 3.8) is 0 Å². The number of amides is 2. The highest BCUT2D eigenvalue weighted by molar-refractivity contribution is 9.10. The molecule has 0 saturated heterocycles. The third kappa shape index (κ3) is 7.02. The van der Waals surface area contributed by atoms with Crippen LogP contribution in [-0.2, 0) is 26.2 Å². The van der Waals surface area contributed by atoms with Crippen molar-refractivity contribution < 1.29 is 18.0 Å². The molecule has 202 valence electrons. The molecule has 0 aliphatic heterocycles. The molecule has 0 fully saturated rings. The van der Waals surface area contributed by atoms with E-state index in [-0.39, 0.29) is 17.3 Å². The second kappa shape index (κ2) is 12.6. The quantitative estimate of drug-likeness (QED) is 0.350. The molecule has 0 saturated carbocycles. The van der Waals surface area contributed by atoms with Crippen LogP contribution in [0, 0.1) is 20.8 Å². The van der Waals surface area contributed by atoms with Crippen molar-refractivity contribution in [3.8, 4) is 0 Å². The Kier molecular flexibility index (Phi) is 9.73. The van der Waals surface area contributed by atoms with Gasteiger partial charge in [0.15, 0.2) is 0 Å². The van der Waals surface area contributed by atoms with Gasteiger partial charge in [0.05, 0.1) is 10.6 Å². The average molecular weight is 601 g/mol. The first-order valence-corrected chi connectivity index (χ1v) is 14.7. The van der Waals surface area contributed by atoms with Crippen LogP contribution in [0.1, 0.15) is 36.1 Å². The van der Waals surface area contributed by atoms with Gasteiger partial charge in [0.2, 0.25) is 11.8 Å². The standard InChI is InChI=1S/C29H34BrN3O4S/c1-6-31-29(35)23(5)32(18-24-8-7-9-25(30)17-24)28(34)19-33(27-16-21(3)10-13-22(27)4)38(36,37)26-14-11-20(2)12-15-26/h7-17,23H,6,18-19H2,1-5H3,(H,31,35)/t23-/m0/s1. The molecule has 0 aliphatic carbocycles. The molecule has 0 radical (unpaired) electrons. The van der Waals surface area contributed by atoms with Gasteiger partial charge in [-0.15, -0.1) is 0 Å². The SMILES string of the molecule is CCNC(=O)[C@H](C)N(Cc1cccc(Br)c1)C(=O)CN(c1cc(C)ccc1C)S(=O)(=O)c1ccc(C)cc1. The zero-order valence-corrected chi connectivity index (χ0v) is 24.8. The first-order chi connectivity index (χ1) is 17.9. The molecule has 9 heteroatoms. The van der Waals surface area contributed by atoms with Gasteiger partial charge in [-0.05, 0) is 81.6 Å². The number of carbonyl (C=O) groups excluding carboxylic acids is 2. The number of sulfonamides is 1. The minimum atomic E-state index is -4.10. The summed E-state index contributed by atoms with van der Waals surface area (Å²) < 4.78 is 29.9. The fourth-order valence-corrected chi connectivity index (χ4v) is 5.99. The van der Waals surface area contributed by atoms with Gasteiger partial charge in [-0.3, -0.25) is 13.9 Å². The fourth-order valence-electron chi connectivity index (χ4n) is 4.08. The van der Waals surface area contributed by atoms with Gasteiger partial charge in [-0.1, -0.05) is 57.9 Å². The summed E-state index contributed by atoms with van der Waals surface area (Å²) in [5.74, 6) is -0.796. The Labute approximate surface area is 234 Å². The summed E-state index contributed by atoms with van der Waals surface area (Å²) in [4.78, 5) is 28.2. The topological polar surface area (TPSA) is 86.8 Å². The van der Waals surface area contributed by atoms with Crippen LogP contribution >= 0.6 is 15.9 Å². The molecule has 3 aromatic carbocycles. The number of halogens is 1. The predicted octanol–water partition coefficient (Wildman–Crippen LogP) is 5.12. The molecule has 0 bridgehead atoms. The highest BCUT2D eigenvalue weighted by Crippen LogP contribution is 2.29. The Hall–Kier alpha value is -3.17. The summed E-state index contributed by atoms with van der Waals surface area (Å²) >= 11 is 3.45. The van der Waals surface area contributed by atoms with Crippen LogP contribution in [0.25, 0.3) is 0 Å². The zero-order valence-electron chi connectivity index (χ0n) is 22.4. The molecular formula is C29H34BrN3O4S. The molecule has 2 amide bonds. The maximum Gasteiger partial charge on any atom is 0.264 e. The Bertz CT molecular complexity index is 1410. The van der Waals surface area contributed by atoms with Crippen LogP contribution in [0.2, 0.25) is 0 Å². The minimum Gasteiger partial charge on any atom is -0.355 e. The van der Waals surface area contributed by atoms with Crippen LogP contribution < -0.4 is 9.62 Å². The van der Waals surface area contributed by atoms with E-state index in [4.69, 9.17) is 0 Å². The maximum absolute atomic E-state index is 13.9. The molecule has 3 aromatic rings. The highest BCUT2D eigenvalue weighted by atomic mass is 79.9. The summed E-state index contributed by atoms with van der Waals surface area (Å²) in [6, 6.07) is 18.7. The lowest BCUT2D eigenvalue weighted by molar-refractivity contribution is -0.139. The molecule has 1 N–H and O–H groups in total. The molecular weight excluding hydrogens is 566 g/mol. The first-order valence-electron chi connectivity index (χ1n) is 12.4. The normalized spacial score (nSPS) is 12.1. The Morgan fingerprint density at radius 3 is 2.24 bits per heavy atom. The highest BCUT2D eigenvalue weighted by Gasteiger charge is 2.33. The third-order valence-electron chi connectivity index (χ3n) is 6.28. The molecule has 0 aromatic heterocycles. The zero-order chi connectivity index (χ0) is 28.0. The van der Waals surface area contributed by atoms with Crippen LogP contribution in [0.3, 0.4) is 0 Å². The summed E-state index contributed by atoms with van der Waals surface area (Å²) in [5, 5.41) is 2.77. The second-order valence-corrected chi connectivity index (χ2v) is 12.1. The molecule has 0 heterocycles. The number of rotatable bonds is 10. The van der Waals surface area contributed by atoms with E-state index in [2.05, 4.69) is 21.2 Å². The number of aryl methyl sites for hydroxylation is 3. The monoisotopic (exact) mass is 599 g/mol. The smallest absolute Gasteiger partial charge is 0.264 e. The van der Waals surface area contributed by atoms with E-state index in [1.54, 1.807) is 37.3 Å². The molecule has 1 atom stereocenters. The van der Waals surface area contributed by atoms with Gasteiger partial charge >= 0.3 is 0 Å². The van der Waals surface area contributed by atoms with Gasteiger partial charge in [-0.25, -0.2) is 8.42 Å². The van der Waals surface area contributed by atoms with E-state index in [9.17, 15) is 18.0 Å². The van der Waals surface area contributed by atoms with E-state index in [0.29, 0.717) is 12.2 Å². The van der Waals surface area contributed by atoms with Crippen LogP contribution in [-0.4, -0.2) is 44.3 Å². The van der Waals surface area contributed by atoms with Gasteiger partial charge in [-0.2, -0.15) is 0 Å².